The van der Waals surface area contributed by atoms with E-state index < -0.39 is 4.92 Å². The summed E-state index contributed by atoms with van der Waals surface area (Å²) in [5.41, 5.74) is 0.109. The molecule has 2 aromatic carbocycles. The Hall–Kier alpha value is -1.90. The molecule has 0 unspecified atom stereocenters. The zero-order valence-corrected chi connectivity index (χ0v) is 6.73. The van der Waals surface area contributed by atoms with E-state index in [1.54, 1.807) is 18.2 Å². The highest BCUT2D eigenvalue weighted by atomic mass is 16.6. The van der Waals surface area contributed by atoms with Crippen LogP contribution in [0.2, 0.25) is 0 Å². The summed E-state index contributed by atoms with van der Waals surface area (Å²) in [6.45, 7) is 0. The number of rotatable bonds is 1. The topological polar surface area (TPSA) is 43.1 Å². The molecule has 3 heteroatoms. The summed E-state index contributed by atoms with van der Waals surface area (Å²) < 4.78 is 0. The second kappa shape index (κ2) is 2.86. The van der Waals surface area contributed by atoms with Crippen molar-refractivity contribution < 1.29 is 4.92 Å². The van der Waals surface area contributed by atoms with Gasteiger partial charge in [-0.3, -0.25) is 10.1 Å². The minimum absolute atomic E-state index is 0.109. The van der Waals surface area contributed by atoms with Gasteiger partial charge < -0.3 is 0 Å². The Morgan fingerprint density at radius 3 is 2.77 bits per heavy atom. The monoisotopic (exact) mass is 172 g/mol. The molecule has 0 heterocycles. The van der Waals surface area contributed by atoms with E-state index in [1.807, 2.05) is 12.1 Å². The minimum Gasteiger partial charge on any atom is -0.258 e. The number of nitro benzene ring substituents is 1. The molecular weight excluding hydrogens is 166 g/mol. The highest BCUT2D eigenvalue weighted by Crippen LogP contribution is 2.23. The second-order valence-corrected chi connectivity index (χ2v) is 2.68. The van der Waals surface area contributed by atoms with E-state index in [1.165, 1.54) is 6.07 Å². The molecule has 2 aromatic rings. The fourth-order valence-corrected chi connectivity index (χ4v) is 1.30. The zero-order valence-electron chi connectivity index (χ0n) is 6.73. The van der Waals surface area contributed by atoms with Gasteiger partial charge >= 0.3 is 0 Å². The third-order valence-corrected chi connectivity index (χ3v) is 1.89. The Morgan fingerprint density at radius 1 is 1.23 bits per heavy atom. The third kappa shape index (κ3) is 1.24. The number of nitrogens with zero attached hydrogens (tertiary/aromatic N) is 1. The molecule has 0 saturated heterocycles. The molecule has 1 radical (unpaired) electrons. The fourth-order valence-electron chi connectivity index (χ4n) is 1.30. The van der Waals surface area contributed by atoms with Gasteiger partial charge in [-0.25, -0.2) is 0 Å². The van der Waals surface area contributed by atoms with Gasteiger partial charge in [-0.05, 0) is 23.6 Å². The average Bonchev–Trinajstić information content (AvgIpc) is 2.17. The number of nitro groups is 1. The van der Waals surface area contributed by atoms with Crippen LogP contribution in [-0.2, 0) is 0 Å². The zero-order chi connectivity index (χ0) is 9.26. The van der Waals surface area contributed by atoms with Crippen LogP contribution in [0, 0.1) is 16.2 Å². The number of fused-ring (bicyclic) bond motifs is 1. The highest BCUT2D eigenvalue weighted by Gasteiger charge is 2.09. The van der Waals surface area contributed by atoms with Crippen LogP contribution < -0.4 is 0 Å². The van der Waals surface area contributed by atoms with Gasteiger partial charge in [0.15, 0.2) is 0 Å². The number of non-ortho nitro benzene ring substituents is 1. The van der Waals surface area contributed by atoms with Crippen LogP contribution in [0.3, 0.4) is 0 Å². The lowest BCUT2D eigenvalue weighted by molar-refractivity contribution is -0.383. The minimum atomic E-state index is -0.390. The van der Waals surface area contributed by atoms with Crippen molar-refractivity contribution in [1.82, 2.24) is 0 Å². The van der Waals surface area contributed by atoms with E-state index >= 15 is 0 Å². The van der Waals surface area contributed by atoms with Crippen molar-refractivity contribution >= 4 is 16.5 Å². The molecule has 0 spiro atoms. The number of hydrogen-bond acceptors (Lipinski definition) is 2. The summed E-state index contributed by atoms with van der Waals surface area (Å²) in [4.78, 5) is 10.2. The van der Waals surface area contributed by atoms with Crippen molar-refractivity contribution in [3.8, 4) is 0 Å². The Kier molecular flexibility index (Phi) is 1.70. The van der Waals surface area contributed by atoms with Crippen LogP contribution in [0.4, 0.5) is 5.69 Å². The van der Waals surface area contributed by atoms with Crippen molar-refractivity contribution in [3.63, 3.8) is 0 Å². The standard InChI is InChI=1S/C10H6NO2/c12-11(13)10-7-3-5-8-4-1-2-6-9(8)10/h1-2,4-7H. The van der Waals surface area contributed by atoms with Gasteiger partial charge in [0.1, 0.15) is 0 Å². The summed E-state index contributed by atoms with van der Waals surface area (Å²) in [6, 6.07) is 13.1. The van der Waals surface area contributed by atoms with Gasteiger partial charge in [-0.2, -0.15) is 0 Å². The van der Waals surface area contributed by atoms with E-state index in [4.69, 9.17) is 0 Å². The van der Waals surface area contributed by atoms with Crippen LogP contribution in [0.15, 0.2) is 36.4 Å². The normalized spacial score (nSPS) is 10.2. The molecule has 0 saturated carbocycles. The first-order valence-electron chi connectivity index (χ1n) is 3.82. The van der Waals surface area contributed by atoms with E-state index in [0.29, 0.717) is 5.39 Å². The Labute approximate surface area is 74.8 Å². The van der Waals surface area contributed by atoms with Crippen LogP contribution in [0.1, 0.15) is 0 Å². The predicted molar refractivity (Wildman–Crippen MR) is 49.4 cm³/mol. The first-order chi connectivity index (χ1) is 6.29. The first kappa shape index (κ1) is 7.73. The SMILES string of the molecule is O=[N+]([O-])c1c[c]cc2ccccc12. The van der Waals surface area contributed by atoms with E-state index in [-0.39, 0.29) is 5.69 Å². The summed E-state index contributed by atoms with van der Waals surface area (Å²) in [6.07, 6.45) is 0. The van der Waals surface area contributed by atoms with Crippen molar-refractivity contribution in [2.24, 2.45) is 0 Å². The molecule has 0 aliphatic rings. The molecule has 0 aliphatic heterocycles. The van der Waals surface area contributed by atoms with Gasteiger partial charge in [0.2, 0.25) is 0 Å². The van der Waals surface area contributed by atoms with Crippen LogP contribution >= 0.6 is 0 Å². The van der Waals surface area contributed by atoms with Crippen molar-refractivity contribution in [2.45, 2.75) is 0 Å². The molecule has 0 N–H and O–H groups in total. The van der Waals surface area contributed by atoms with E-state index in [2.05, 4.69) is 6.07 Å². The van der Waals surface area contributed by atoms with Crippen LogP contribution in [0.5, 0.6) is 0 Å². The fraction of sp³-hybridized carbons (Fsp3) is 0. The maximum atomic E-state index is 10.6. The predicted octanol–water partition coefficient (Wildman–Crippen LogP) is 2.55. The summed E-state index contributed by atoms with van der Waals surface area (Å²) >= 11 is 0. The first-order valence-corrected chi connectivity index (χ1v) is 3.82. The summed E-state index contributed by atoms with van der Waals surface area (Å²) in [5, 5.41) is 12.1. The highest BCUT2D eigenvalue weighted by molar-refractivity contribution is 5.90. The van der Waals surface area contributed by atoms with Crippen molar-refractivity contribution in [1.29, 1.82) is 0 Å². The maximum Gasteiger partial charge on any atom is 0.277 e. The molecule has 13 heavy (non-hydrogen) atoms. The maximum absolute atomic E-state index is 10.6. The summed E-state index contributed by atoms with van der Waals surface area (Å²) in [5.74, 6) is 0. The number of benzene rings is 2. The number of hydrogen-bond donors (Lipinski definition) is 0. The second-order valence-electron chi connectivity index (χ2n) is 2.68. The van der Waals surface area contributed by atoms with Gasteiger partial charge in [-0.15, -0.1) is 0 Å². The molecule has 0 fully saturated rings. The lowest BCUT2D eigenvalue weighted by atomic mass is 10.1. The molecule has 0 bridgehead atoms. The lowest BCUT2D eigenvalue weighted by Gasteiger charge is -1.96. The molecule has 0 amide bonds. The van der Waals surface area contributed by atoms with Crippen LogP contribution in [-0.4, -0.2) is 4.92 Å². The van der Waals surface area contributed by atoms with Gasteiger partial charge in [-0.1, -0.05) is 18.2 Å². The van der Waals surface area contributed by atoms with Crippen molar-refractivity contribution in [2.75, 3.05) is 0 Å². The largest absolute Gasteiger partial charge is 0.277 e. The van der Waals surface area contributed by atoms with Crippen molar-refractivity contribution in [3.05, 3.63) is 52.6 Å². The molecule has 63 valence electrons. The van der Waals surface area contributed by atoms with E-state index in [9.17, 15) is 10.1 Å². The Balaban J connectivity index is 2.83. The molecular formula is C10H6NO2. The third-order valence-electron chi connectivity index (χ3n) is 1.89. The lowest BCUT2D eigenvalue weighted by Crippen LogP contribution is -1.88. The Bertz CT molecular complexity index is 460. The quantitative estimate of drug-likeness (QED) is 0.490. The van der Waals surface area contributed by atoms with Crippen LogP contribution in [0.25, 0.3) is 10.8 Å². The van der Waals surface area contributed by atoms with Gasteiger partial charge in [0.25, 0.3) is 5.69 Å². The van der Waals surface area contributed by atoms with E-state index in [0.717, 1.165) is 5.39 Å². The molecule has 0 aromatic heterocycles. The Morgan fingerprint density at radius 2 is 2.00 bits per heavy atom. The van der Waals surface area contributed by atoms with Gasteiger partial charge in [0, 0.05) is 6.07 Å². The molecule has 3 nitrogen and oxygen atoms in total. The summed E-state index contributed by atoms with van der Waals surface area (Å²) in [7, 11) is 0. The molecule has 2 rings (SSSR count). The van der Waals surface area contributed by atoms with Gasteiger partial charge in [0.05, 0.1) is 10.3 Å². The molecule has 0 aliphatic carbocycles. The smallest absolute Gasteiger partial charge is 0.258 e. The average molecular weight is 172 g/mol. The molecule has 0 atom stereocenters.